The van der Waals surface area contributed by atoms with Crippen LogP contribution in [0.25, 0.3) is 0 Å². The first kappa shape index (κ1) is 13.2. The second-order valence-electron chi connectivity index (χ2n) is 5.58. The Morgan fingerprint density at radius 1 is 1.47 bits per heavy atom. The van der Waals surface area contributed by atoms with Crippen molar-refractivity contribution < 1.29 is 0 Å². The topological polar surface area (TPSA) is 27.6 Å². The largest absolute Gasteiger partial charge is 0.361 e. The second kappa shape index (κ2) is 6.10. The van der Waals surface area contributed by atoms with Crippen LogP contribution in [0.1, 0.15) is 33.1 Å². The van der Waals surface area contributed by atoms with Gasteiger partial charge in [-0.15, -0.1) is 0 Å². The molecule has 2 saturated heterocycles. The third kappa shape index (κ3) is 3.62. The zero-order valence-corrected chi connectivity index (χ0v) is 12.1. The molecule has 0 amide bonds. The van der Waals surface area contributed by atoms with E-state index >= 15 is 0 Å². The maximum atomic E-state index is 4.76. The molecule has 0 aromatic rings. The van der Waals surface area contributed by atoms with Gasteiger partial charge in [0.2, 0.25) is 0 Å². The molecule has 2 fully saturated rings. The van der Waals surface area contributed by atoms with Gasteiger partial charge in [-0.3, -0.25) is 4.99 Å². The van der Waals surface area contributed by atoms with Gasteiger partial charge in [-0.2, -0.15) is 0 Å². The van der Waals surface area contributed by atoms with E-state index in [2.05, 4.69) is 31.1 Å². The molecule has 2 rings (SSSR count). The average Bonchev–Trinajstić information content (AvgIpc) is 2.77. The molecule has 98 valence electrons. The van der Waals surface area contributed by atoms with Crippen molar-refractivity contribution in [3.05, 3.63) is 0 Å². The molecular weight excluding hydrogens is 230 g/mol. The van der Waals surface area contributed by atoms with E-state index in [4.69, 9.17) is 4.99 Å². The van der Waals surface area contributed by atoms with Crippen molar-refractivity contribution in [1.29, 1.82) is 0 Å². The molecule has 2 aliphatic heterocycles. The van der Waals surface area contributed by atoms with E-state index in [1.807, 2.05) is 11.8 Å². The van der Waals surface area contributed by atoms with E-state index in [0.717, 1.165) is 6.54 Å². The highest BCUT2D eigenvalue weighted by atomic mass is 32.2. The number of nitrogens with one attached hydrogen (secondary N) is 1. The van der Waals surface area contributed by atoms with Crippen LogP contribution in [0.5, 0.6) is 0 Å². The molecule has 2 aliphatic rings. The molecular formula is C13H25N3S. The lowest BCUT2D eigenvalue weighted by Crippen LogP contribution is -2.39. The number of piperidine rings is 1. The summed E-state index contributed by atoms with van der Waals surface area (Å²) in [4.78, 5) is 7.22. The Bertz CT molecular complexity index is 278. The van der Waals surface area contributed by atoms with Crippen molar-refractivity contribution in [1.82, 2.24) is 10.2 Å². The van der Waals surface area contributed by atoms with Gasteiger partial charge in [0.05, 0.1) is 6.54 Å². The van der Waals surface area contributed by atoms with Crippen molar-refractivity contribution in [2.75, 3.05) is 25.9 Å². The highest BCUT2D eigenvalue weighted by molar-refractivity contribution is 8.14. The van der Waals surface area contributed by atoms with Crippen molar-refractivity contribution in [2.45, 2.75) is 45.2 Å². The van der Waals surface area contributed by atoms with Crippen molar-refractivity contribution in [3.8, 4) is 0 Å². The van der Waals surface area contributed by atoms with Gasteiger partial charge in [-0.25, -0.2) is 0 Å². The number of hydrogen-bond acceptors (Lipinski definition) is 3. The standard InChI is InChI=1S/C13H25N3S/c1-10(2)12-9-17-13(15-12)14-8-11-6-4-5-7-16(11)3/h10-12H,4-9H2,1-3H3,(H,14,15)/t11?,12-/m1/s1. The fourth-order valence-corrected chi connectivity index (χ4v) is 3.63. The lowest BCUT2D eigenvalue weighted by molar-refractivity contribution is 0.191. The molecule has 1 unspecified atom stereocenters. The summed E-state index contributed by atoms with van der Waals surface area (Å²) in [5.74, 6) is 1.88. The average molecular weight is 255 g/mol. The minimum absolute atomic E-state index is 0.614. The first-order valence-electron chi connectivity index (χ1n) is 6.81. The summed E-state index contributed by atoms with van der Waals surface area (Å²) < 4.78 is 0. The summed E-state index contributed by atoms with van der Waals surface area (Å²) in [6.07, 6.45) is 4.03. The summed E-state index contributed by atoms with van der Waals surface area (Å²) in [5.41, 5.74) is 0. The minimum Gasteiger partial charge on any atom is -0.361 e. The van der Waals surface area contributed by atoms with Crippen LogP contribution in [0.4, 0.5) is 0 Å². The molecule has 4 heteroatoms. The van der Waals surface area contributed by atoms with E-state index < -0.39 is 0 Å². The van der Waals surface area contributed by atoms with Gasteiger partial charge in [0.15, 0.2) is 5.17 Å². The van der Waals surface area contributed by atoms with Gasteiger partial charge in [0, 0.05) is 17.8 Å². The van der Waals surface area contributed by atoms with Crippen LogP contribution in [0, 0.1) is 5.92 Å². The molecule has 2 heterocycles. The molecule has 0 radical (unpaired) electrons. The van der Waals surface area contributed by atoms with Crippen LogP contribution in [-0.2, 0) is 0 Å². The predicted octanol–water partition coefficient (Wildman–Crippen LogP) is 2.19. The number of likely N-dealkylation sites (tertiary alicyclic amines) is 1. The Kier molecular flexibility index (Phi) is 4.74. The van der Waals surface area contributed by atoms with Crippen LogP contribution in [0.2, 0.25) is 0 Å². The molecule has 0 aromatic heterocycles. The van der Waals surface area contributed by atoms with Gasteiger partial charge in [-0.05, 0) is 32.4 Å². The SMILES string of the molecule is CC(C)[C@H]1CSC(=NCC2CCCCN2C)N1. The Balaban J connectivity index is 1.80. The molecule has 3 nitrogen and oxygen atoms in total. The monoisotopic (exact) mass is 255 g/mol. The molecule has 17 heavy (non-hydrogen) atoms. The maximum Gasteiger partial charge on any atom is 0.156 e. The van der Waals surface area contributed by atoms with Crippen LogP contribution in [0.15, 0.2) is 4.99 Å². The van der Waals surface area contributed by atoms with E-state index in [0.29, 0.717) is 18.0 Å². The van der Waals surface area contributed by atoms with Gasteiger partial charge in [-0.1, -0.05) is 32.0 Å². The number of amidine groups is 1. The Morgan fingerprint density at radius 2 is 2.29 bits per heavy atom. The van der Waals surface area contributed by atoms with E-state index in [1.54, 1.807) is 0 Å². The number of aliphatic imine (C=N–C) groups is 1. The Morgan fingerprint density at radius 3 is 2.94 bits per heavy atom. The molecule has 0 aromatic carbocycles. The normalized spacial score (nSPS) is 33.3. The number of thioether (sulfide) groups is 1. The zero-order chi connectivity index (χ0) is 12.3. The molecule has 0 saturated carbocycles. The maximum absolute atomic E-state index is 4.76. The molecule has 0 aliphatic carbocycles. The minimum atomic E-state index is 0.614. The lowest BCUT2D eigenvalue weighted by atomic mass is 10.0. The van der Waals surface area contributed by atoms with Crippen LogP contribution < -0.4 is 5.32 Å². The lowest BCUT2D eigenvalue weighted by Gasteiger charge is -2.31. The highest BCUT2D eigenvalue weighted by Crippen LogP contribution is 2.20. The first-order valence-corrected chi connectivity index (χ1v) is 7.79. The van der Waals surface area contributed by atoms with Crippen molar-refractivity contribution in [3.63, 3.8) is 0 Å². The highest BCUT2D eigenvalue weighted by Gasteiger charge is 2.24. The first-order chi connectivity index (χ1) is 8.16. The van der Waals surface area contributed by atoms with E-state index in [-0.39, 0.29) is 0 Å². The predicted molar refractivity (Wildman–Crippen MR) is 76.8 cm³/mol. The second-order valence-corrected chi connectivity index (χ2v) is 6.59. The molecule has 1 N–H and O–H groups in total. The zero-order valence-electron chi connectivity index (χ0n) is 11.3. The number of hydrogen-bond donors (Lipinski definition) is 1. The van der Waals surface area contributed by atoms with Crippen LogP contribution in [-0.4, -0.2) is 48.0 Å². The number of nitrogens with zero attached hydrogens (tertiary/aromatic N) is 2. The van der Waals surface area contributed by atoms with Gasteiger partial charge in [0.1, 0.15) is 0 Å². The van der Waals surface area contributed by atoms with Crippen molar-refractivity contribution >= 4 is 16.9 Å². The van der Waals surface area contributed by atoms with Crippen LogP contribution >= 0.6 is 11.8 Å². The number of rotatable bonds is 3. The molecule has 2 atom stereocenters. The summed E-state index contributed by atoms with van der Waals surface area (Å²) in [5, 5.41) is 4.71. The van der Waals surface area contributed by atoms with E-state index in [9.17, 15) is 0 Å². The smallest absolute Gasteiger partial charge is 0.156 e. The number of likely N-dealkylation sites (N-methyl/N-ethyl adjacent to an activating group) is 1. The van der Waals surface area contributed by atoms with Gasteiger partial charge >= 0.3 is 0 Å². The Hall–Kier alpha value is -0.220. The summed E-state index contributed by atoms with van der Waals surface area (Å²) in [7, 11) is 2.23. The van der Waals surface area contributed by atoms with Crippen molar-refractivity contribution in [2.24, 2.45) is 10.9 Å². The van der Waals surface area contributed by atoms with E-state index in [1.165, 1.54) is 36.7 Å². The summed E-state index contributed by atoms with van der Waals surface area (Å²) in [6.45, 7) is 6.76. The van der Waals surface area contributed by atoms with Gasteiger partial charge < -0.3 is 10.2 Å². The molecule has 0 bridgehead atoms. The summed E-state index contributed by atoms with van der Waals surface area (Å²) in [6, 6.07) is 1.28. The third-order valence-electron chi connectivity index (χ3n) is 3.88. The molecule has 0 spiro atoms. The fraction of sp³-hybridized carbons (Fsp3) is 0.923. The fourth-order valence-electron chi connectivity index (χ4n) is 2.42. The quantitative estimate of drug-likeness (QED) is 0.838. The third-order valence-corrected chi connectivity index (χ3v) is 4.93. The van der Waals surface area contributed by atoms with Crippen LogP contribution in [0.3, 0.4) is 0 Å². The summed E-state index contributed by atoms with van der Waals surface area (Å²) >= 11 is 1.89. The Labute approximate surface area is 109 Å². The van der Waals surface area contributed by atoms with Gasteiger partial charge in [0.25, 0.3) is 0 Å².